The Labute approximate surface area is 299 Å². The predicted octanol–water partition coefficient (Wildman–Crippen LogP) is 11.9. The van der Waals surface area contributed by atoms with Crippen LogP contribution in [-0.2, 0) is 0 Å². The van der Waals surface area contributed by atoms with Gasteiger partial charge in [0.2, 0.25) is 0 Å². The van der Waals surface area contributed by atoms with Crippen molar-refractivity contribution in [3.05, 3.63) is 151 Å². The standard InChI is InChI=1S/C43H24FN5S2/c44-29-21-18-25(19-22-29)37-39-38(30-14-7-8-16-33(30)51-39)46-42(45-37)28-20-23-34-32(24-28)36-31(15-9-17-35(36)50-34)43-48-40(26-10-3-1-4-11-26)47-41(49-43)27-12-5-2-6-13-27/h1-24H. The molecule has 0 bridgehead atoms. The minimum atomic E-state index is -0.281. The topological polar surface area (TPSA) is 64.5 Å². The largest absolute Gasteiger partial charge is 0.226 e. The molecule has 0 aliphatic rings. The van der Waals surface area contributed by atoms with E-state index in [1.807, 2.05) is 72.8 Å². The van der Waals surface area contributed by atoms with E-state index >= 15 is 0 Å². The monoisotopic (exact) mass is 693 g/mol. The molecule has 0 saturated heterocycles. The van der Waals surface area contributed by atoms with Gasteiger partial charge in [-0.05, 0) is 54.6 Å². The Kier molecular flexibility index (Phi) is 6.97. The van der Waals surface area contributed by atoms with Crippen molar-refractivity contribution in [3.8, 4) is 56.8 Å². The Bertz CT molecular complexity index is 2860. The molecule has 0 radical (unpaired) electrons. The smallest absolute Gasteiger partial charge is 0.164 e. The summed E-state index contributed by atoms with van der Waals surface area (Å²) in [5.41, 5.74) is 6.20. The lowest BCUT2D eigenvalue weighted by Gasteiger charge is -2.10. The summed E-state index contributed by atoms with van der Waals surface area (Å²) in [6, 6.07) is 47.6. The average Bonchev–Trinajstić information content (AvgIpc) is 3.76. The highest BCUT2D eigenvalue weighted by atomic mass is 32.1. The van der Waals surface area contributed by atoms with Crippen LogP contribution in [0, 0.1) is 5.82 Å². The molecule has 0 saturated carbocycles. The number of halogens is 1. The van der Waals surface area contributed by atoms with Gasteiger partial charge in [0.25, 0.3) is 0 Å². The lowest BCUT2D eigenvalue weighted by molar-refractivity contribution is 0.628. The molecule has 51 heavy (non-hydrogen) atoms. The Balaban J connectivity index is 1.20. The summed E-state index contributed by atoms with van der Waals surface area (Å²) in [5, 5.41) is 3.23. The zero-order chi connectivity index (χ0) is 33.9. The van der Waals surface area contributed by atoms with Crippen LogP contribution in [0.4, 0.5) is 4.39 Å². The van der Waals surface area contributed by atoms with Crippen LogP contribution in [0.15, 0.2) is 146 Å². The first-order valence-corrected chi connectivity index (χ1v) is 18.1. The van der Waals surface area contributed by atoms with Crippen molar-refractivity contribution in [1.29, 1.82) is 0 Å². The number of fused-ring (bicyclic) bond motifs is 6. The van der Waals surface area contributed by atoms with E-state index in [1.165, 1.54) is 12.1 Å². The molecule has 4 heterocycles. The van der Waals surface area contributed by atoms with Crippen molar-refractivity contribution >= 4 is 63.1 Å². The fraction of sp³-hybridized carbons (Fsp3) is 0. The SMILES string of the molecule is Fc1ccc(-c2nc(-c3ccc4sc5cccc(-c6nc(-c7ccccc7)nc(-c7ccccc7)n6)c5c4c3)nc3c2sc2ccccc23)cc1. The summed E-state index contributed by atoms with van der Waals surface area (Å²) in [6.45, 7) is 0. The van der Waals surface area contributed by atoms with Gasteiger partial charge in [-0.3, -0.25) is 0 Å². The fourth-order valence-corrected chi connectivity index (χ4v) is 8.87. The maximum atomic E-state index is 14.0. The third-order valence-electron chi connectivity index (χ3n) is 9.03. The Morgan fingerprint density at radius 3 is 1.76 bits per heavy atom. The van der Waals surface area contributed by atoms with E-state index in [0.717, 1.165) is 74.0 Å². The van der Waals surface area contributed by atoms with E-state index in [2.05, 4.69) is 48.5 Å². The molecule has 8 heteroatoms. The number of hydrogen-bond acceptors (Lipinski definition) is 7. The zero-order valence-electron chi connectivity index (χ0n) is 26.8. The van der Waals surface area contributed by atoms with Gasteiger partial charge in [0.05, 0.1) is 15.9 Å². The van der Waals surface area contributed by atoms with Crippen LogP contribution >= 0.6 is 22.7 Å². The Morgan fingerprint density at radius 2 is 1.02 bits per heavy atom. The highest BCUT2D eigenvalue weighted by Gasteiger charge is 2.20. The van der Waals surface area contributed by atoms with Crippen LogP contribution in [-0.4, -0.2) is 24.9 Å². The lowest BCUT2D eigenvalue weighted by atomic mass is 10.0. The van der Waals surface area contributed by atoms with Crippen molar-refractivity contribution in [2.45, 2.75) is 0 Å². The molecule has 0 aliphatic heterocycles. The quantitative estimate of drug-likeness (QED) is 0.180. The molecule has 5 nitrogen and oxygen atoms in total. The molecular formula is C43H24FN5S2. The first kappa shape index (κ1) is 29.7. The van der Waals surface area contributed by atoms with Crippen molar-refractivity contribution in [2.75, 3.05) is 0 Å². The van der Waals surface area contributed by atoms with E-state index in [4.69, 9.17) is 24.9 Å². The highest BCUT2D eigenvalue weighted by Crippen LogP contribution is 2.43. The van der Waals surface area contributed by atoms with Crippen LogP contribution < -0.4 is 0 Å². The van der Waals surface area contributed by atoms with Gasteiger partial charge in [-0.15, -0.1) is 22.7 Å². The summed E-state index contributed by atoms with van der Waals surface area (Å²) < 4.78 is 18.4. The maximum absolute atomic E-state index is 14.0. The van der Waals surface area contributed by atoms with Gasteiger partial charge in [0.15, 0.2) is 23.3 Å². The molecule has 0 N–H and O–H groups in total. The summed E-state index contributed by atoms with van der Waals surface area (Å²) in [5.74, 6) is 2.18. The van der Waals surface area contributed by atoms with Crippen molar-refractivity contribution in [3.63, 3.8) is 0 Å². The van der Waals surface area contributed by atoms with Crippen LogP contribution in [0.25, 0.3) is 97.3 Å². The van der Waals surface area contributed by atoms with Crippen LogP contribution in [0.1, 0.15) is 0 Å². The Hall–Kier alpha value is -6.22. The molecule has 0 amide bonds. The average molecular weight is 694 g/mol. The number of aromatic nitrogens is 5. The third kappa shape index (κ3) is 5.15. The molecule has 0 spiro atoms. The van der Waals surface area contributed by atoms with Crippen LogP contribution in [0.5, 0.6) is 0 Å². The number of benzene rings is 6. The number of hydrogen-bond donors (Lipinski definition) is 0. The summed E-state index contributed by atoms with van der Waals surface area (Å²) in [4.78, 5) is 25.4. The molecule has 240 valence electrons. The lowest BCUT2D eigenvalue weighted by Crippen LogP contribution is -2.00. The van der Waals surface area contributed by atoms with Crippen molar-refractivity contribution < 1.29 is 4.39 Å². The van der Waals surface area contributed by atoms with E-state index in [-0.39, 0.29) is 5.82 Å². The number of thiophene rings is 2. The van der Waals surface area contributed by atoms with Gasteiger partial charge in [0.1, 0.15) is 5.82 Å². The van der Waals surface area contributed by atoms with E-state index in [9.17, 15) is 4.39 Å². The third-order valence-corrected chi connectivity index (χ3v) is 11.3. The molecule has 0 unspecified atom stereocenters. The first-order valence-electron chi connectivity index (χ1n) is 16.4. The maximum Gasteiger partial charge on any atom is 0.164 e. The van der Waals surface area contributed by atoms with Gasteiger partial charge in [0, 0.05) is 58.1 Å². The highest BCUT2D eigenvalue weighted by molar-refractivity contribution is 7.26. The van der Waals surface area contributed by atoms with Gasteiger partial charge in [-0.25, -0.2) is 29.3 Å². The van der Waals surface area contributed by atoms with Crippen molar-refractivity contribution in [2.24, 2.45) is 0 Å². The molecule has 4 aromatic heterocycles. The molecule has 0 aliphatic carbocycles. The van der Waals surface area contributed by atoms with E-state index in [0.29, 0.717) is 23.3 Å². The zero-order valence-corrected chi connectivity index (χ0v) is 28.4. The summed E-state index contributed by atoms with van der Waals surface area (Å²) in [7, 11) is 0. The van der Waals surface area contributed by atoms with E-state index in [1.54, 1.807) is 34.8 Å². The molecule has 0 fully saturated rings. The fourth-order valence-electron chi connectivity index (χ4n) is 6.60. The van der Waals surface area contributed by atoms with Crippen LogP contribution in [0.2, 0.25) is 0 Å². The molecular weight excluding hydrogens is 670 g/mol. The van der Waals surface area contributed by atoms with Crippen molar-refractivity contribution in [1.82, 2.24) is 24.9 Å². The summed E-state index contributed by atoms with van der Waals surface area (Å²) >= 11 is 3.40. The molecule has 0 atom stereocenters. The Morgan fingerprint density at radius 1 is 0.412 bits per heavy atom. The number of nitrogens with zero attached hydrogens (tertiary/aromatic N) is 5. The summed E-state index contributed by atoms with van der Waals surface area (Å²) in [6.07, 6.45) is 0. The predicted molar refractivity (Wildman–Crippen MR) is 208 cm³/mol. The molecule has 6 aromatic carbocycles. The molecule has 10 aromatic rings. The molecule has 10 rings (SSSR count). The second kappa shape index (κ2) is 12.0. The first-order chi connectivity index (χ1) is 25.2. The van der Waals surface area contributed by atoms with Gasteiger partial charge < -0.3 is 0 Å². The normalized spacial score (nSPS) is 11.6. The van der Waals surface area contributed by atoms with Gasteiger partial charge >= 0.3 is 0 Å². The van der Waals surface area contributed by atoms with Gasteiger partial charge in [-0.1, -0.05) is 91.0 Å². The second-order valence-electron chi connectivity index (χ2n) is 12.2. The van der Waals surface area contributed by atoms with E-state index < -0.39 is 0 Å². The second-order valence-corrected chi connectivity index (χ2v) is 14.3. The minimum Gasteiger partial charge on any atom is -0.226 e. The minimum absolute atomic E-state index is 0.281. The van der Waals surface area contributed by atoms with Crippen LogP contribution in [0.3, 0.4) is 0 Å². The van der Waals surface area contributed by atoms with Gasteiger partial charge in [-0.2, -0.15) is 0 Å². The number of rotatable bonds is 5.